The highest BCUT2D eigenvalue weighted by atomic mass is 16.1. The van der Waals surface area contributed by atoms with Crippen molar-refractivity contribution in [3.05, 3.63) is 35.4 Å². The molecule has 102 valence electrons. The SMILES string of the molecule is CCCCC#Cc1ccccc1CCC(=O)CCC. The number of aryl methyl sites for hydroxylation is 1. The Morgan fingerprint density at radius 3 is 2.63 bits per heavy atom. The number of unbranched alkanes of at least 4 members (excludes halogenated alkanes) is 2. The Morgan fingerprint density at radius 2 is 1.89 bits per heavy atom. The van der Waals surface area contributed by atoms with Crippen molar-refractivity contribution in [1.82, 2.24) is 0 Å². The Bertz CT molecular complexity index is 448. The molecular formula is C18H24O. The number of Topliss-reactive ketones (excluding diaryl/α,β-unsaturated/α-hetero) is 1. The van der Waals surface area contributed by atoms with Crippen LogP contribution in [0.4, 0.5) is 0 Å². The summed E-state index contributed by atoms with van der Waals surface area (Å²) in [6.07, 6.45) is 6.40. The molecule has 19 heavy (non-hydrogen) atoms. The van der Waals surface area contributed by atoms with E-state index in [4.69, 9.17) is 0 Å². The van der Waals surface area contributed by atoms with Crippen LogP contribution in [0.2, 0.25) is 0 Å². The van der Waals surface area contributed by atoms with E-state index in [0.717, 1.165) is 31.2 Å². The van der Waals surface area contributed by atoms with Crippen LogP contribution in [-0.2, 0) is 11.2 Å². The molecule has 0 N–H and O–H groups in total. The molecule has 0 atom stereocenters. The van der Waals surface area contributed by atoms with E-state index in [1.165, 1.54) is 12.0 Å². The molecule has 0 amide bonds. The second-order valence-electron chi connectivity index (χ2n) is 4.85. The highest BCUT2D eigenvalue weighted by Gasteiger charge is 2.04. The lowest BCUT2D eigenvalue weighted by Gasteiger charge is -2.03. The van der Waals surface area contributed by atoms with Gasteiger partial charge in [0.2, 0.25) is 0 Å². The molecule has 0 spiro atoms. The zero-order valence-corrected chi connectivity index (χ0v) is 12.2. The van der Waals surface area contributed by atoms with Gasteiger partial charge in [-0.1, -0.05) is 50.3 Å². The van der Waals surface area contributed by atoms with Crippen LogP contribution in [-0.4, -0.2) is 5.78 Å². The molecule has 0 saturated heterocycles. The molecule has 0 aliphatic heterocycles. The van der Waals surface area contributed by atoms with E-state index >= 15 is 0 Å². The summed E-state index contributed by atoms with van der Waals surface area (Å²) in [5.41, 5.74) is 2.29. The Labute approximate surface area is 117 Å². The average Bonchev–Trinajstić information content (AvgIpc) is 2.43. The largest absolute Gasteiger partial charge is 0.300 e. The lowest BCUT2D eigenvalue weighted by Crippen LogP contribution is -2.00. The van der Waals surface area contributed by atoms with Crippen molar-refractivity contribution in [3.63, 3.8) is 0 Å². The number of benzene rings is 1. The second kappa shape index (κ2) is 9.39. The zero-order chi connectivity index (χ0) is 13.9. The summed E-state index contributed by atoms with van der Waals surface area (Å²) in [5, 5.41) is 0. The Hall–Kier alpha value is -1.55. The highest BCUT2D eigenvalue weighted by molar-refractivity contribution is 5.78. The molecule has 1 heteroatoms. The van der Waals surface area contributed by atoms with E-state index in [-0.39, 0.29) is 0 Å². The quantitative estimate of drug-likeness (QED) is 0.517. The van der Waals surface area contributed by atoms with E-state index in [1.54, 1.807) is 0 Å². The van der Waals surface area contributed by atoms with E-state index < -0.39 is 0 Å². The van der Waals surface area contributed by atoms with Gasteiger partial charge in [0, 0.05) is 24.8 Å². The number of ketones is 1. The summed E-state index contributed by atoms with van der Waals surface area (Å²) >= 11 is 0. The minimum absolute atomic E-state index is 0.358. The van der Waals surface area contributed by atoms with Crippen molar-refractivity contribution in [2.45, 2.75) is 58.8 Å². The first kappa shape index (κ1) is 15.5. The summed E-state index contributed by atoms with van der Waals surface area (Å²) < 4.78 is 0. The fraction of sp³-hybridized carbons (Fsp3) is 0.500. The maximum Gasteiger partial charge on any atom is 0.133 e. The lowest BCUT2D eigenvalue weighted by atomic mass is 10.0. The third-order valence-corrected chi connectivity index (χ3v) is 3.10. The minimum Gasteiger partial charge on any atom is -0.300 e. The molecular weight excluding hydrogens is 232 g/mol. The van der Waals surface area contributed by atoms with Gasteiger partial charge in [0.25, 0.3) is 0 Å². The van der Waals surface area contributed by atoms with Gasteiger partial charge in [-0.05, 0) is 30.9 Å². The summed E-state index contributed by atoms with van der Waals surface area (Å²) in [7, 11) is 0. The fourth-order valence-corrected chi connectivity index (χ4v) is 1.96. The highest BCUT2D eigenvalue weighted by Crippen LogP contribution is 2.11. The van der Waals surface area contributed by atoms with E-state index in [2.05, 4.69) is 30.9 Å². The molecule has 0 aliphatic rings. The number of hydrogen-bond donors (Lipinski definition) is 0. The summed E-state index contributed by atoms with van der Waals surface area (Å²) in [6.45, 7) is 4.22. The van der Waals surface area contributed by atoms with Crippen LogP contribution in [0.5, 0.6) is 0 Å². The summed E-state index contributed by atoms with van der Waals surface area (Å²) in [5.74, 6) is 6.82. The number of carbonyl (C=O) groups is 1. The molecule has 0 heterocycles. The predicted molar refractivity (Wildman–Crippen MR) is 81.1 cm³/mol. The van der Waals surface area contributed by atoms with Gasteiger partial charge in [-0.25, -0.2) is 0 Å². The van der Waals surface area contributed by atoms with Crippen molar-refractivity contribution < 1.29 is 4.79 Å². The standard InChI is InChI=1S/C18H24O/c1-3-5-6-7-11-16-12-8-9-13-17(16)14-15-18(19)10-4-2/h8-9,12-13H,3-6,10,14-15H2,1-2H3. The normalized spacial score (nSPS) is 9.79. The first-order valence-electron chi connectivity index (χ1n) is 7.36. The van der Waals surface area contributed by atoms with Crippen LogP contribution >= 0.6 is 0 Å². The molecule has 1 aromatic rings. The van der Waals surface area contributed by atoms with Gasteiger partial charge in [-0.3, -0.25) is 4.79 Å². The van der Waals surface area contributed by atoms with E-state index in [0.29, 0.717) is 18.6 Å². The molecule has 0 radical (unpaired) electrons. The lowest BCUT2D eigenvalue weighted by molar-refractivity contribution is -0.119. The molecule has 1 nitrogen and oxygen atoms in total. The third kappa shape index (κ3) is 6.25. The monoisotopic (exact) mass is 256 g/mol. The molecule has 0 aromatic heterocycles. The van der Waals surface area contributed by atoms with Gasteiger partial charge in [0.15, 0.2) is 0 Å². The zero-order valence-electron chi connectivity index (χ0n) is 12.2. The van der Waals surface area contributed by atoms with Crippen molar-refractivity contribution in [2.24, 2.45) is 0 Å². The van der Waals surface area contributed by atoms with Gasteiger partial charge in [0.1, 0.15) is 5.78 Å². The van der Waals surface area contributed by atoms with Gasteiger partial charge in [-0.15, -0.1) is 0 Å². The third-order valence-electron chi connectivity index (χ3n) is 3.10. The Balaban J connectivity index is 2.61. The first-order chi connectivity index (χ1) is 9.27. The van der Waals surface area contributed by atoms with Gasteiger partial charge < -0.3 is 0 Å². The molecule has 1 aromatic carbocycles. The van der Waals surface area contributed by atoms with Gasteiger partial charge in [-0.2, -0.15) is 0 Å². The first-order valence-corrected chi connectivity index (χ1v) is 7.36. The van der Waals surface area contributed by atoms with Crippen molar-refractivity contribution in [1.29, 1.82) is 0 Å². The van der Waals surface area contributed by atoms with Crippen molar-refractivity contribution >= 4 is 5.78 Å². The molecule has 0 unspecified atom stereocenters. The van der Waals surface area contributed by atoms with E-state index in [9.17, 15) is 4.79 Å². The average molecular weight is 256 g/mol. The van der Waals surface area contributed by atoms with Gasteiger partial charge in [0.05, 0.1) is 0 Å². The topological polar surface area (TPSA) is 17.1 Å². The predicted octanol–water partition coefficient (Wildman–Crippen LogP) is 4.53. The Kier molecular flexibility index (Phi) is 7.66. The van der Waals surface area contributed by atoms with Crippen LogP contribution < -0.4 is 0 Å². The molecule has 0 saturated carbocycles. The van der Waals surface area contributed by atoms with Crippen LogP contribution in [0.3, 0.4) is 0 Å². The Morgan fingerprint density at radius 1 is 1.11 bits per heavy atom. The second-order valence-corrected chi connectivity index (χ2v) is 4.85. The molecule has 0 aliphatic carbocycles. The van der Waals surface area contributed by atoms with E-state index in [1.807, 2.05) is 19.1 Å². The number of hydrogen-bond acceptors (Lipinski definition) is 1. The number of carbonyl (C=O) groups excluding carboxylic acids is 1. The summed E-state index contributed by atoms with van der Waals surface area (Å²) in [4.78, 5) is 11.6. The number of rotatable bonds is 7. The maximum absolute atomic E-state index is 11.6. The molecule has 0 fully saturated rings. The van der Waals surface area contributed by atoms with Crippen molar-refractivity contribution in [3.8, 4) is 11.8 Å². The molecule has 0 bridgehead atoms. The summed E-state index contributed by atoms with van der Waals surface area (Å²) in [6, 6.07) is 8.18. The van der Waals surface area contributed by atoms with Crippen molar-refractivity contribution in [2.75, 3.05) is 0 Å². The maximum atomic E-state index is 11.6. The smallest absolute Gasteiger partial charge is 0.133 e. The van der Waals surface area contributed by atoms with Crippen LogP contribution in [0, 0.1) is 11.8 Å². The van der Waals surface area contributed by atoms with Crippen LogP contribution in [0.25, 0.3) is 0 Å². The molecule has 1 rings (SSSR count). The van der Waals surface area contributed by atoms with Crippen LogP contribution in [0.15, 0.2) is 24.3 Å². The minimum atomic E-state index is 0.358. The van der Waals surface area contributed by atoms with Gasteiger partial charge >= 0.3 is 0 Å². The van der Waals surface area contributed by atoms with Crippen LogP contribution in [0.1, 0.15) is 63.5 Å². The fourth-order valence-electron chi connectivity index (χ4n) is 1.96.